The molecule has 1 atom stereocenters. The molecule has 1 fully saturated rings. The lowest BCUT2D eigenvalue weighted by atomic mass is 10.2. The molecule has 6 nitrogen and oxygen atoms in total. The highest BCUT2D eigenvalue weighted by Gasteiger charge is 2.25. The van der Waals surface area contributed by atoms with Gasteiger partial charge in [0.25, 0.3) is 5.91 Å². The molecule has 1 aliphatic rings. The number of methoxy groups -OCH3 is 1. The van der Waals surface area contributed by atoms with Crippen LogP contribution in [0.25, 0.3) is 0 Å². The van der Waals surface area contributed by atoms with E-state index < -0.39 is 6.10 Å². The third kappa shape index (κ3) is 3.87. The predicted molar refractivity (Wildman–Crippen MR) is 77.3 cm³/mol. The second kappa shape index (κ2) is 6.97. The SMILES string of the molecule is COc1cccc(O[C@@H](C)C(=O)N2CCN(C=O)CC2)c1. The van der Waals surface area contributed by atoms with Gasteiger partial charge in [-0.15, -0.1) is 0 Å². The minimum absolute atomic E-state index is 0.0663. The fourth-order valence-corrected chi connectivity index (χ4v) is 2.23. The molecule has 0 aliphatic carbocycles. The van der Waals surface area contributed by atoms with Crippen molar-refractivity contribution in [2.75, 3.05) is 33.3 Å². The van der Waals surface area contributed by atoms with Gasteiger partial charge < -0.3 is 19.3 Å². The van der Waals surface area contributed by atoms with Crippen LogP contribution in [0.4, 0.5) is 0 Å². The Morgan fingerprint density at radius 2 is 1.90 bits per heavy atom. The second-order valence-electron chi connectivity index (χ2n) is 4.91. The number of ether oxygens (including phenoxy) is 2. The van der Waals surface area contributed by atoms with Crippen LogP contribution in [0.2, 0.25) is 0 Å². The number of benzene rings is 1. The van der Waals surface area contributed by atoms with Crippen LogP contribution in [0.15, 0.2) is 24.3 Å². The second-order valence-corrected chi connectivity index (χ2v) is 4.91. The topological polar surface area (TPSA) is 59.1 Å². The molecule has 0 spiro atoms. The molecular weight excluding hydrogens is 272 g/mol. The van der Waals surface area contributed by atoms with Crippen molar-refractivity contribution < 1.29 is 19.1 Å². The minimum Gasteiger partial charge on any atom is -0.497 e. The summed E-state index contributed by atoms with van der Waals surface area (Å²) < 4.78 is 10.8. The quantitative estimate of drug-likeness (QED) is 0.752. The summed E-state index contributed by atoms with van der Waals surface area (Å²) in [6.07, 6.45) is 0.248. The average molecular weight is 292 g/mol. The van der Waals surface area contributed by atoms with Gasteiger partial charge in [0.15, 0.2) is 6.10 Å². The first-order chi connectivity index (χ1) is 10.1. The first-order valence-electron chi connectivity index (χ1n) is 6.93. The number of carbonyl (C=O) groups is 2. The van der Waals surface area contributed by atoms with Crippen molar-refractivity contribution in [1.82, 2.24) is 9.80 Å². The van der Waals surface area contributed by atoms with E-state index in [2.05, 4.69) is 0 Å². The molecular formula is C15H20N2O4. The first kappa shape index (κ1) is 15.2. The maximum absolute atomic E-state index is 12.3. The van der Waals surface area contributed by atoms with E-state index in [1.54, 1.807) is 36.0 Å². The van der Waals surface area contributed by atoms with E-state index >= 15 is 0 Å². The Balaban J connectivity index is 1.91. The monoisotopic (exact) mass is 292 g/mol. The van der Waals surface area contributed by atoms with Gasteiger partial charge >= 0.3 is 0 Å². The molecule has 1 aromatic carbocycles. The van der Waals surface area contributed by atoms with Crippen LogP contribution in [-0.2, 0) is 9.59 Å². The van der Waals surface area contributed by atoms with E-state index in [0.717, 1.165) is 6.41 Å². The Hall–Kier alpha value is -2.24. The van der Waals surface area contributed by atoms with Crippen LogP contribution in [0.5, 0.6) is 11.5 Å². The molecule has 2 amide bonds. The van der Waals surface area contributed by atoms with Crippen LogP contribution in [0, 0.1) is 0 Å². The van der Waals surface area contributed by atoms with Gasteiger partial charge in [-0.05, 0) is 19.1 Å². The Kier molecular flexibility index (Phi) is 5.03. The van der Waals surface area contributed by atoms with Crippen LogP contribution < -0.4 is 9.47 Å². The van der Waals surface area contributed by atoms with E-state index in [9.17, 15) is 9.59 Å². The zero-order chi connectivity index (χ0) is 15.2. The Bertz CT molecular complexity index is 498. The number of carbonyl (C=O) groups excluding carboxylic acids is 2. The number of hydrogen-bond donors (Lipinski definition) is 0. The zero-order valence-electron chi connectivity index (χ0n) is 12.3. The van der Waals surface area contributed by atoms with E-state index in [1.807, 2.05) is 12.1 Å². The number of piperazine rings is 1. The summed E-state index contributed by atoms with van der Waals surface area (Å²) in [5.41, 5.74) is 0. The summed E-state index contributed by atoms with van der Waals surface area (Å²) in [6.45, 7) is 3.96. The summed E-state index contributed by atoms with van der Waals surface area (Å²) >= 11 is 0. The maximum atomic E-state index is 12.3. The number of nitrogens with zero attached hydrogens (tertiary/aromatic N) is 2. The van der Waals surface area contributed by atoms with Crippen molar-refractivity contribution in [3.05, 3.63) is 24.3 Å². The first-order valence-corrected chi connectivity index (χ1v) is 6.93. The van der Waals surface area contributed by atoms with Gasteiger partial charge in [0.1, 0.15) is 11.5 Å². The highest BCUT2D eigenvalue weighted by molar-refractivity contribution is 5.81. The third-order valence-electron chi connectivity index (χ3n) is 3.48. The summed E-state index contributed by atoms with van der Waals surface area (Å²) in [5.74, 6) is 1.22. The molecule has 1 saturated heterocycles. The lowest BCUT2D eigenvalue weighted by Crippen LogP contribution is -2.51. The van der Waals surface area contributed by atoms with E-state index in [0.29, 0.717) is 37.7 Å². The van der Waals surface area contributed by atoms with Crippen LogP contribution >= 0.6 is 0 Å². The van der Waals surface area contributed by atoms with E-state index in [-0.39, 0.29) is 5.91 Å². The molecule has 6 heteroatoms. The van der Waals surface area contributed by atoms with Gasteiger partial charge in [0.2, 0.25) is 6.41 Å². The fraction of sp³-hybridized carbons (Fsp3) is 0.467. The fourth-order valence-electron chi connectivity index (χ4n) is 2.23. The summed E-state index contributed by atoms with van der Waals surface area (Å²) in [5, 5.41) is 0. The van der Waals surface area contributed by atoms with Crippen molar-refractivity contribution >= 4 is 12.3 Å². The lowest BCUT2D eigenvalue weighted by Gasteiger charge is -2.34. The summed E-state index contributed by atoms with van der Waals surface area (Å²) in [7, 11) is 1.58. The average Bonchev–Trinajstić information content (AvgIpc) is 2.54. The smallest absolute Gasteiger partial charge is 0.263 e. The zero-order valence-corrected chi connectivity index (χ0v) is 12.3. The molecule has 1 aliphatic heterocycles. The highest BCUT2D eigenvalue weighted by atomic mass is 16.5. The van der Waals surface area contributed by atoms with E-state index in [1.165, 1.54) is 0 Å². The lowest BCUT2D eigenvalue weighted by molar-refractivity contribution is -0.141. The number of rotatable bonds is 5. The molecule has 0 aromatic heterocycles. The van der Waals surface area contributed by atoms with Gasteiger partial charge in [-0.1, -0.05) is 6.07 Å². The summed E-state index contributed by atoms with van der Waals surface area (Å²) in [4.78, 5) is 26.4. The van der Waals surface area contributed by atoms with Crippen LogP contribution in [-0.4, -0.2) is 61.5 Å². The Morgan fingerprint density at radius 3 is 2.52 bits per heavy atom. The van der Waals surface area contributed by atoms with Crippen molar-refractivity contribution in [2.24, 2.45) is 0 Å². The Morgan fingerprint density at radius 1 is 1.24 bits per heavy atom. The Labute approximate surface area is 124 Å². The van der Waals surface area contributed by atoms with Gasteiger partial charge in [0.05, 0.1) is 7.11 Å². The molecule has 0 bridgehead atoms. The standard InChI is InChI=1S/C15H20N2O4/c1-12(21-14-5-3-4-13(10-14)20-2)15(19)17-8-6-16(11-18)7-9-17/h3-5,10-12H,6-9H2,1-2H3/t12-/m0/s1. The van der Waals surface area contributed by atoms with Crippen molar-refractivity contribution in [1.29, 1.82) is 0 Å². The molecule has 0 saturated carbocycles. The van der Waals surface area contributed by atoms with Crippen molar-refractivity contribution in [3.63, 3.8) is 0 Å². The largest absolute Gasteiger partial charge is 0.497 e. The number of amides is 2. The molecule has 0 N–H and O–H groups in total. The van der Waals surface area contributed by atoms with Crippen LogP contribution in [0.1, 0.15) is 6.92 Å². The molecule has 0 radical (unpaired) electrons. The van der Waals surface area contributed by atoms with Gasteiger partial charge in [-0.3, -0.25) is 9.59 Å². The number of hydrogen-bond acceptors (Lipinski definition) is 4. The molecule has 21 heavy (non-hydrogen) atoms. The minimum atomic E-state index is -0.570. The van der Waals surface area contributed by atoms with Crippen molar-refractivity contribution in [3.8, 4) is 11.5 Å². The highest BCUT2D eigenvalue weighted by Crippen LogP contribution is 2.20. The molecule has 1 aromatic rings. The van der Waals surface area contributed by atoms with Gasteiger partial charge in [-0.25, -0.2) is 0 Å². The summed E-state index contributed by atoms with van der Waals surface area (Å²) in [6, 6.07) is 7.16. The molecule has 1 heterocycles. The van der Waals surface area contributed by atoms with Gasteiger partial charge in [0, 0.05) is 32.2 Å². The normalized spacial score (nSPS) is 16.3. The maximum Gasteiger partial charge on any atom is 0.263 e. The predicted octanol–water partition coefficient (Wildman–Crippen LogP) is 0.763. The van der Waals surface area contributed by atoms with Gasteiger partial charge in [-0.2, -0.15) is 0 Å². The molecule has 0 unspecified atom stereocenters. The van der Waals surface area contributed by atoms with Crippen LogP contribution in [0.3, 0.4) is 0 Å². The third-order valence-corrected chi connectivity index (χ3v) is 3.48. The molecule has 2 rings (SSSR count). The molecule has 114 valence electrons. The van der Waals surface area contributed by atoms with Crippen molar-refractivity contribution in [2.45, 2.75) is 13.0 Å². The van der Waals surface area contributed by atoms with E-state index in [4.69, 9.17) is 9.47 Å².